The van der Waals surface area contributed by atoms with Crippen molar-refractivity contribution in [1.29, 1.82) is 0 Å². The van der Waals surface area contributed by atoms with E-state index in [1.807, 2.05) is 0 Å². The van der Waals surface area contributed by atoms with E-state index in [2.05, 4.69) is 26.0 Å². The minimum Gasteiger partial charge on any atom is -0.288 e. The van der Waals surface area contributed by atoms with Crippen LogP contribution in [0.2, 0.25) is 0 Å². The number of rotatable bonds is 3. The molecule has 1 saturated carbocycles. The maximum atomic E-state index is 11.8. The molecule has 1 aliphatic rings. The summed E-state index contributed by atoms with van der Waals surface area (Å²) in [6, 6.07) is 0. The van der Waals surface area contributed by atoms with Gasteiger partial charge in [-0.1, -0.05) is 19.3 Å². The van der Waals surface area contributed by atoms with Gasteiger partial charge in [-0.2, -0.15) is 0 Å². The van der Waals surface area contributed by atoms with E-state index in [0.717, 1.165) is 25.7 Å². The Hall–Kier alpha value is -1.92. The lowest BCUT2D eigenvalue weighted by Gasteiger charge is -2.20. The molecule has 0 aliphatic heterocycles. The number of nitrogens with zero attached hydrogens (tertiary/aromatic N) is 2. The second-order valence-electron chi connectivity index (χ2n) is 4.54. The van der Waals surface area contributed by atoms with Crippen molar-refractivity contribution in [2.75, 3.05) is 5.43 Å². The summed E-state index contributed by atoms with van der Waals surface area (Å²) in [5.41, 5.74) is 5.11. The van der Waals surface area contributed by atoms with E-state index in [4.69, 9.17) is 0 Å². The molecule has 0 atom stereocenters. The predicted octanol–water partition coefficient (Wildman–Crippen LogP) is 0.497. The van der Waals surface area contributed by atoms with Crippen molar-refractivity contribution in [1.82, 2.24) is 20.6 Å². The van der Waals surface area contributed by atoms with Gasteiger partial charge in [-0.25, -0.2) is 0 Å². The first-order valence-corrected chi connectivity index (χ1v) is 6.16. The van der Waals surface area contributed by atoms with Crippen molar-refractivity contribution in [3.63, 3.8) is 0 Å². The Balaban J connectivity index is 1.88. The Morgan fingerprint density at radius 3 is 2.67 bits per heavy atom. The van der Waals surface area contributed by atoms with Crippen LogP contribution < -0.4 is 16.4 Å². The van der Waals surface area contributed by atoms with Crippen LogP contribution in [0, 0.1) is 12.8 Å². The van der Waals surface area contributed by atoms with Gasteiger partial charge in [-0.05, 0) is 19.8 Å². The SMILES string of the molecule is Cc1nnc(NNC(=O)C2CCCCC2)[nH]c1=O. The topological polar surface area (TPSA) is 99.8 Å². The Morgan fingerprint density at radius 1 is 1.28 bits per heavy atom. The molecule has 7 nitrogen and oxygen atoms in total. The maximum Gasteiger partial charge on any atom is 0.274 e. The molecule has 0 radical (unpaired) electrons. The molecular weight excluding hydrogens is 234 g/mol. The normalized spacial score (nSPS) is 16.3. The number of hydrazine groups is 1. The maximum absolute atomic E-state index is 11.8. The number of nitrogens with one attached hydrogen (secondary N) is 3. The lowest BCUT2D eigenvalue weighted by atomic mass is 9.89. The zero-order chi connectivity index (χ0) is 13.0. The van der Waals surface area contributed by atoms with Crippen LogP contribution in [-0.4, -0.2) is 21.1 Å². The highest BCUT2D eigenvalue weighted by Crippen LogP contribution is 2.23. The fraction of sp³-hybridized carbons (Fsp3) is 0.636. The van der Waals surface area contributed by atoms with Crippen molar-refractivity contribution in [2.45, 2.75) is 39.0 Å². The number of aromatic amines is 1. The first-order valence-electron chi connectivity index (χ1n) is 6.16. The van der Waals surface area contributed by atoms with E-state index in [1.165, 1.54) is 6.42 Å². The van der Waals surface area contributed by atoms with Crippen LogP contribution in [0.25, 0.3) is 0 Å². The third-order valence-electron chi connectivity index (χ3n) is 3.14. The van der Waals surface area contributed by atoms with Crippen molar-refractivity contribution in [3.8, 4) is 0 Å². The molecule has 1 fully saturated rings. The van der Waals surface area contributed by atoms with Gasteiger partial charge in [0.1, 0.15) is 5.69 Å². The highest BCUT2D eigenvalue weighted by atomic mass is 16.2. The highest BCUT2D eigenvalue weighted by molar-refractivity contribution is 5.79. The van der Waals surface area contributed by atoms with E-state index in [1.54, 1.807) is 6.92 Å². The second kappa shape index (κ2) is 5.61. The fourth-order valence-electron chi connectivity index (χ4n) is 2.04. The first-order chi connectivity index (χ1) is 8.66. The number of amides is 1. The Morgan fingerprint density at radius 2 is 2.00 bits per heavy atom. The lowest BCUT2D eigenvalue weighted by Crippen LogP contribution is -2.37. The third kappa shape index (κ3) is 3.06. The minimum absolute atomic E-state index is 0.0522. The molecule has 0 saturated heterocycles. The summed E-state index contributed by atoms with van der Waals surface area (Å²) in [7, 11) is 0. The van der Waals surface area contributed by atoms with Crippen molar-refractivity contribution >= 4 is 11.9 Å². The van der Waals surface area contributed by atoms with Crippen LogP contribution in [0.5, 0.6) is 0 Å². The monoisotopic (exact) mass is 251 g/mol. The van der Waals surface area contributed by atoms with E-state index < -0.39 is 0 Å². The number of carbonyl (C=O) groups excluding carboxylic acids is 1. The first kappa shape index (κ1) is 12.5. The second-order valence-corrected chi connectivity index (χ2v) is 4.54. The van der Waals surface area contributed by atoms with E-state index >= 15 is 0 Å². The van der Waals surface area contributed by atoms with Gasteiger partial charge in [-0.3, -0.25) is 25.4 Å². The molecule has 0 unspecified atom stereocenters. The number of aryl methyl sites for hydroxylation is 1. The van der Waals surface area contributed by atoms with Gasteiger partial charge in [0.15, 0.2) is 0 Å². The molecule has 18 heavy (non-hydrogen) atoms. The Bertz CT molecular complexity index is 479. The summed E-state index contributed by atoms with van der Waals surface area (Å²) in [4.78, 5) is 25.6. The largest absolute Gasteiger partial charge is 0.288 e. The molecule has 0 bridgehead atoms. The van der Waals surface area contributed by atoms with Crippen LogP contribution in [0.1, 0.15) is 37.8 Å². The average Bonchev–Trinajstić information content (AvgIpc) is 2.41. The molecule has 98 valence electrons. The van der Waals surface area contributed by atoms with Crippen molar-refractivity contribution in [2.24, 2.45) is 5.92 Å². The zero-order valence-corrected chi connectivity index (χ0v) is 10.3. The van der Waals surface area contributed by atoms with Gasteiger partial charge in [-0.15, -0.1) is 10.2 Å². The average molecular weight is 251 g/mol. The Labute approximate surface area is 104 Å². The molecule has 1 aliphatic carbocycles. The molecule has 3 N–H and O–H groups in total. The molecule has 7 heteroatoms. The molecule has 0 spiro atoms. The molecule has 1 aromatic rings. The summed E-state index contributed by atoms with van der Waals surface area (Å²) in [5.74, 6) is 0.143. The van der Waals surface area contributed by atoms with Crippen LogP contribution in [0.3, 0.4) is 0 Å². The van der Waals surface area contributed by atoms with Crippen LogP contribution >= 0.6 is 0 Å². The summed E-state index contributed by atoms with van der Waals surface area (Å²) in [5, 5.41) is 7.39. The number of carbonyl (C=O) groups is 1. The molecule has 2 rings (SSSR count). The van der Waals surface area contributed by atoms with E-state index in [9.17, 15) is 9.59 Å². The van der Waals surface area contributed by atoms with Gasteiger partial charge in [0.2, 0.25) is 11.9 Å². The smallest absolute Gasteiger partial charge is 0.274 e. The summed E-state index contributed by atoms with van der Waals surface area (Å²) in [6.07, 6.45) is 5.24. The van der Waals surface area contributed by atoms with E-state index in [-0.39, 0.29) is 23.3 Å². The minimum atomic E-state index is -0.320. The van der Waals surface area contributed by atoms with Gasteiger partial charge in [0.05, 0.1) is 0 Å². The standard InChI is InChI=1S/C11H17N5O2/c1-7-9(17)12-11(15-13-7)16-14-10(18)8-5-3-2-4-6-8/h8H,2-6H2,1H3,(H,14,18)(H2,12,15,16,17). The number of anilines is 1. The zero-order valence-electron chi connectivity index (χ0n) is 10.3. The Kier molecular flexibility index (Phi) is 3.91. The number of hydrogen-bond acceptors (Lipinski definition) is 5. The predicted molar refractivity (Wildman–Crippen MR) is 65.7 cm³/mol. The van der Waals surface area contributed by atoms with Crippen LogP contribution in [-0.2, 0) is 4.79 Å². The quantitative estimate of drug-likeness (QED) is 0.679. The molecule has 1 aromatic heterocycles. The number of hydrogen-bond donors (Lipinski definition) is 3. The van der Waals surface area contributed by atoms with Crippen molar-refractivity contribution in [3.05, 3.63) is 16.0 Å². The third-order valence-corrected chi connectivity index (χ3v) is 3.14. The number of aromatic nitrogens is 3. The summed E-state index contributed by atoms with van der Waals surface area (Å²) >= 11 is 0. The fourth-order valence-corrected chi connectivity index (χ4v) is 2.04. The van der Waals surface area contributed by atoms with Crippen molar-refractivity contribution < 1.29 is 4.79 Å². The van der Waals surface area contributed by atoms with Gasteiger partial charge in [0.25, 0.3) is 5.56 Å². The number of H-pyrrole nitrogens is 1. The van der Waals surface area contributed by atoms with Gasteiger partial charge >= 0.3 is 0 Å². The van der Waals surface area contributed by atoms with Crippen LogP contribution in [0.15, 0.2) is 4.79 Å². The molecule has 1 amide bonds. The van der Waals surface area contributed by atoms with Crippen LogP contribution in [0.4, 0.5) is 5.95 Å². The van der Waals surface area contributed by atoms with Gasteiger partial charge in [0, 0.05) is 5.92 Å². The summed E-state index contributed by atoms with van der Waals surface area (Å²) < 4.78 is 0. The molecule has 1 heterocycles. The highest BCUT2D eigenvalue weighted by Gasteiger charge is 2.20. The molecule has 0 aromatic carbocycles. The lowest BCUT2D eigenvalue weighted by molar-refractivity contribution is -0.125. The molecular formula is C11H17N5O2. The van der Waals surface area contributed by atoms with E-state index in [0.29, 0.717) is 5.69 Å². The van der Waals surface area contributed by atoms with Gasteiger partial charge < -0.3 is 0 Å². The summed E-state index contributed by atoms with van der Waals surface area (Å²) in [6.45, 7) is 1.57.